The molecule has 0 unspecified atom stereocenters. The number of halogens is 2. The SMILES string of the molecule is O=C(Cl)c1ccc2c(c1)sc1cc(C(=O)Cl)ccc12. The maximum Gasteiger partial charge on any atom is 0.252 e. The minimum atomic E-state index is -0.476. The van der Waals surface area contributed by atoms with Gasteiger partial charge in [-0.15, -0.1) is 11.3 Å². The maximum atomic E-state index is 11.2. The summed E-state index contributed by atoms with van der Waals surface area (Å²) in [6.45, 7) is 0. The van der Waals surface area contributed by atoms with Gasteiger partial charge in [-0.25, -0.2) is 0 Å². The third-order valence-electron chi connectivity index (χ3n) is 2.93. The minimum Gasteiger partial charge on any atom is -0.276 e. The van der Waals surface area contributed by atoms with Gasteiger partial charge in [-0.1, -0.05) is 12.1 Å². The summed E-state index contributed by atoms with van der Waals surface area (Å²) in [6, 6.07) is 10.7. The molecule has 0 aliphatic rings. The molecule has 0 aliphatic heterocycles. The highest BCUT2D eigenvalue weighted by atomic mass is 35.5. The number of hydrogen-bond donors (Lipinski definition) is 0. The summed E-state index contributed by atoms with van der Waals surface area (Å²) in [5.74, 6) is 0. The highest BCUT2D eigenvalue weighted by molar-refractivity contribution is 7.25. The van der Waals surface area contributed by atoms with E-state index < -0.39 is 10.5 Å². The van der Waals surface area contributed by atoms with E-state index >= 15 is 0 Å². The quantitative estimate of drug-likeness (QED) is 0.636. The zero-order valence-electron chi connectivity index (χ0n) is 9.44. The van der Waals surface area contributed by atoms with Crippen LogP contribution in [0.2, 0.25) is 0 Å². The van der Waals surface area contributed by atoms with Crippen LogP contribution in [-0.4, -0.2) is 10.5 Å². The van der Waals surface area contributed by atoms with Gasteiger partial charge in [0.15, 0.2) is 0 Å². The normalized spacial score (nSPS) is 11.1. The van der Waals surface area contributed by atoms with Crippen LogP contribution in [-0.2, 0) is 0 Å². The first kappa shape index (κ1) is 12.6. The maximum absolute atomic E-state index is 11.2. The predicted octanol–water partition coefficient (Wildman–Crippen LogP) is 4.81. The van der Waals surface area contributed by atoms with Crippen LogP contribution in [0, 0.1) is 0 Å². The van der Waals surface area contributed by atoms with Gasteiger partial charge in [-0.3, -0.25) is 9.59 Å². The molecular formula is C14H6Cl2O2S. The first-order chi connectivity index (χ1) is 9.06. The van der Waals surface area contributed by atoms with Crippen LogP contribution in [0.5, 0.6) is 0 Å². The molecule has 0 atom stereocenters. The Kier molecular flexibility index (Phi) is 3.05. The molecule has 0 fully saturated rings. The fourth-order valence-electron chi connectivity index (χ4n) is 2.02. The second-order valence-electron chi connectivity index (χ2n) is 4.07. The van der Waals surface area contributed by atoms with Crippen LogP contribution in [0.25, 0.3) is 20.2 Å². The predicted molar refractivity (Wildman–Crippen MR) is 79.7 cm³/mol. The Balaban J connectivity index is 2.31. The van der Waals surface area contributed by atoms with Crippen molar-refractivity contribution in [3.05, 3.63) is 47.5 Å². The van der Waals surface area contributed by atoms with Crippen LogP contribution >= 0.6 is 34.5 Å². The summed E-state index contributed by atoms with van der Waals surface area (Å²) in [6.07, 6.45) is 0. The molecule has 0 spiro atoms. The molecule has 3 aromatic rings. The Morgan fingerprint density at radius 1 is 0.789 bits per heavy atom. The van der Waals surface area contributed by atoms with Gasteiger partial charge in [-0.05, 0) is 47.5 Å². The van der Waals surface area contributed by atoms with E-state index in [1.165, 1.54) is 11.3 Å². The van der Waals surface area contributed by atoms with Crippen LogP contribution in [0.15, 0.2) is 36.4 Å². The lowest BCUT2D eigenvalue weighted by Gasteiger charge is -1.95. The molecule has 0 aliphatic carbocycles. The highest BCUT2D eigenvalue weighted by Gasteiger charge is 2.10. The van der Waals surface area contributed by atoms with Crippen molar-refractivity contribution < 1.29 is 9.59 Å². The number of fused-ring (bicyclic) bond motifs is 3. The molecule has 3 rings (SSSR count). The molecule has 2 nitrogen and oxygen atoms in total. The van der Waals surface area contributed by atoms with Gasteiger partial charge in [0.2, 0.25) is 0 Å². The topological polar surface area (TPSA) is 34.1 Å². The molecule has 19 heavy (non-hydrogen) atoms. The van der Waals surface area contributed by atoms with Crippen molar-refractivity contribution >= 4 is 65.2 Å². The molecule has 0 bridgehead atoms. The Bertz CT molecular complexity index is 768. The summed E-state index contributed by atoms with van der Waals surface area (Å²) < 4.78 is 1.92. The number of benzene rings is 2. The number of carbonyl (C=O) groups is 2. The molecule has 2 aromatic carbocycles. The van der Waals surface area contributed by atoms with Crippen molar-refractivity contribution in [1.82, 2.24) is 0 Å². The van der Waals surface area contributed by atoms with Gasteiger partial charge in [-0.2, -0.15) is 0 Å². The van der Waals surface area contributed by atoms with E-state index in [2.05, 4.69) is 0 Å². The van der Waals surface area contributed by atoms with E-state index in [9.17, 15) is 9.59 Å². The first-order valence-electron chi connectivity index (χ1n) is 5.42. The van der Waals surface area contributed by atoms with Gasteiger partial charge < -0.3 is 0 Å². The fourth-order valence-corrected chi connectivity index (χ4v) is 3.44. The Morgan fingerprint density at radius 3 is 1.58 bits per heavy atom. The second-order valence-corrected chi connectivity index (χ2v) is 5.84. The largest absolute Gasteiger partial charge is 0.276 e. The van der Waals surface area contributed by atoms with Crippen molar-refractivity contribution in [2.75, 3.05) is 0 Å². The molecule has 0 amide bonds. The number of carbonyl (C=O) groups excluding carboxylic acids is 2. The number of thiophene rings is 1. The van der Waals surface area contributed by atoms with Crippen LogP contribution in [0.4, 0.5) is 0 Å². The third-order valence-corrected chi connectivity index (χ3v) is 4.48. The minimum absolute atomic E-state index is 0.467. The van der Waals surface area contributed by atoms with Gasteiger partial charge in [0.05, 0.1) is 0 Å². The van der Waals surface area contributed by atoms with Crippen molar-refractivity contribution in [1.29, 1.82) is 0 Å². The molecule has 0 radical (unpaired) electrons. The molecule has 1 heterocycles. The van der Waals surface area contributed by atoms with E-state index in [4.69, 9.17) is 23.2 Å². The van der Waals surface area contributed by atoms with Crippen molar-refractivity contribution in [3.63, 3.8) is 0 Å². The summed E-state index contributed by atoms with van der Waals surface area (Å²) in [5.41, 5.74) is 0.934. The number of hydrogen-bond acceptors (Lipinski definition) is 3. The van der Waals surface area contributed by atoms with E-state index in [-0.39, 0.29) is 0 Å². The van der Waals surface area contributed by atoms with Gasteiger partial charge in [0.1, 0.15) is 0 Å². The van der Waals surface area contributed by atoms with E-state index in [0.717, 1.165) is 20.2 Å². The third kappa shape index (κ3) is 2.14. The van der Waals surface area contributed by atoms with Crippen LogP contribution < -0.4 is 0 Å². The van der Waals surface area contributed by atoms with Crippen molar-refractivity contribution in [3.8, 4) is 0 Å². The number of rotatable bonds is 2. The molecule has 0 saturated heterocycles. The molecule has 0 N–H and O–H groups in total. The van der Waals surface area contributed by atoms with Crippen LogP contribution in [0.1, 0.15) is 20.7 Å². The van der Waals surface area contributed by atoms with E-state index in [1.54, 1.807) is 24.3 Å². The van der Waals surface area contributed by atoms with Gasteiger partial charge in [0, 0.05) is 31.3 Å². The monoisotopic (exact) mass is 308 g/mol. The standard InChI is InChI=1S/C14H6Cl2O2S/c15-13(17)7-1-3-9-10-4-2-8(14(16)18)6-12(10)19-11(9)5-7/h1-6H. The molecule has 94 valence electrons. The Labute approximate surface area is 122 Å². The lowest BCUT2D eigenvalue weighted by atomic mass is 10.1. The molecule has 0 saturated carbocycles. The van der Waals surface area contributed by atoms with Gasteiger partial charge >= 0.3 is 0 Å². The summed E-state index contributed by atoms with van der Waals surface area (Å²) in [7, 11) is 0. The van der Waals surface area contributed by atoms with E-state index in [0.29, 0.717) is 11.1 Å². The average Bonchev–Trinajstić information content (AvgIpc) is 2.74. The molecular weight excluding hydrogens is 303 g/mol. The molecule has 5 heteroatoms. The smallest absolute Gasteiger partial charge is 0.252 e. The fraction of sp³-hybridized carbons (Fsp3) is 0. The molecule has 1 aromatic heterocycles. The lowest BCUT2D eigenvalue weighted by Crippen LogP contribution is -1.86. The second kappa shape index (κ2) is 4.60. The zero-order valence-corrected chi connectivity index (χ0v) is 11.8. The lowest BCUT2D eigenvalue weighted by molar-refractivity contribution is 0.107. The van der Waals surface area contributed by atoms with Gasteiger partial charge in [0.25, 0.3) is 10.5 Å². The highest BCUT2D eigenvalue weighted by Crippen LogP contribution is 2.35. The summed E-state index contributed by atoms with van der Waals surface area (Å²) in [5, 5.41) is 1.12. The summed E-state index contributed by atoms with van der Waals surface area (Å²) in [4.78, 5) is 22.3. The Hall–Kier alpha value is -1.42. The summed E-state index contributed by atoms with van der Waals surface area (Å²) >= 11 is 12.4. The van der Waals surface area contributed by atoms with Crippen molar-refractivity contribution in [2.45, 2.75) is 0 Å². The average molecular weight is 309 g/mol. The van der Waals surface area contributed by atoms with Crippen LogP contribution in [0.3, 0.4) is 0 Å². The van der Waals surface area contributed by atoms with Crippen molar-refractivity contribution in [2.24, 2.45) is 0 Å². The Morgan fingerprint density at radius 2 is 1.21 bits per heavy atom. The first-order valence-corrected chi connectivity index (χ1v) is 6.99. The van der Waals surface area contributed by atoms with E-state index in [1.807, 2.05) is 12.1 Å². The zero-order chi connectivity index (χ0) is 13.6.